The highest BCUT2D eigenvalue weighted by Gasteiger charge is 2.52. The van der Waals surface area contributed by atoms with E-state index >= 15 is 0 Å². The summed E-state index contributed by atoms with van der Waals surface area (Å²) >= 11 is 0. The van der Waals surface area contributed by atoms with Crippen LogP contribution in [0.5, 0.6) is 0 Å². The van der Waals surface area contributed by atoms with E-state index < -0.39 is 52.3 Å². The zero-order valence-electron chi connectivity index (χ0n) is 20.2. The summed E-state index contributed by atoms with van der Waals surface area (Å²) in [5.41, 5.74) is -0.238. The van der Waals surface area contributed by atoms with Crippen molar-refractivity contribution in [2.24, 2.45) is 0 Å². The number of urea groups is 1. The van der Waals surface area contributed by atoms with Crippen LogP contribution in [0.1, 0.15) is 44.1 Å². The zero-order valence-corrected chi connectivity index (χ0v) is 21.0. The molecule has 0 aromatic carbocycles. The first-order chi connectivity index (χ1) is 17.1. The Bertz CT molecular complexity index is 1220. The fourth-order valence-electron chi connectivity index (χ4n) is 4.37. The molecule has 0 spiro atoms. The van der Waals surface area contributed by atoms with Gasteiger partial charge in [-0.05, 0) is 20.8 Å². The van der Waals surface area contributed by atoms with Crippen LogP contribution < -0.4 is 5.32 Å². The Morgan fingerprint density at radius 3 is 2.35 bits per heavy atom. The molecule has 2 bridgehead atoms. The molecule has 3 N–H and O–H groups in total. The lowest BCUT2D eigenvalue weighted by atomic mass is 9.98. The van der Waals surface area contributed by atoms with E-state index in [0.29, 0.717) is 5.06 Å². The van der Waals surface area contributed by atoms with E-state index in [1.807, 2.05) is 0 Å². The summed E-state index contributed by atoms with van der Waals surface area (Å²) < 4.78 is 42.6. The van der Waals surface area contributed by atoms with Crippen LogP contribution in [0.3, 0.4) is 0 Å². The van der Waals surface area contributed by atoms with Crippen LogP contribution in [0.2, 0.25) is 0 Å². The fourth-order valence-corrected chi connectivity index (χ4v) is 4.74. The zero-order chi connectivity index (χ0) is 27.3. The van der Waals surface area contributed by atoms with Gasteiger partial charge < -0.3 is 29.9 Å². The average molecular weight is 546 g/mol. The van der Waals surface area contributed by atoms with Crippen LogP contribution >= 0.6 is 0 Å². The Morgan fingerprint density at radius 2 is 1.78 bits per heavy atom. The predicted octanol–water partition coefficient (Wildman–Crippen LogP) is 0.239. The quantitative estimate of drug-likeness (QED) is 0.437. The highest BCUT2D eigenvalue weighted by molar-refractivity contribution is 7.80. The number of amides is 5. The predicted molar refractivity (Wildman–Crippen MR) is 120 cm³/mol. The van der Waals surface area contributed by atoms with E-state index in [0.717, 1.165) is 9.58 Å². The minimum Gasteiger partial charge on any atom is -0.465 e. The maximum absolute atomic E-state index is 13.2. The van der Waals surface area contributed by atoms with Crippen molar-refractivity contribution in [1.29, 1.82) is 0 Å². The lowest BCUT2D eigenvalue weighted by Crippen LogP contribution is -2.52. The van der Waals surface area contributed by atoms with Crippen molar-refractivity contribution in [3.63, 3.8) is 0 Å². The van der Waals surface area contributed by atoms with Gasteiger partial charge in [0, 0.05) is 44.5 Å². The standard InChI is InChI=1S/C19H27N7O10S/c1-19(2,3)35-18(31)23-6-4-22(5-7-23)16(29)25-9-11-13-10-24(17(30)26(13)36-37(32,33)34)12(14(11)21-25)8-20-15(27)28/h9,12-13,20H,4-8,10H2,1-3H3,(H,27,28)(H,32,33,34). The number of fused-ring (bicyclic) bond motifs is 4. The molecule has 0 radical (unpaired) electrons. The number of carbonyl (C=O) groups excluding carboxylic acids is 3. The number of hydrogen-bond acceptors (Lipinski definition) is 9. The van der Waals surface area contributed by atoms with Crippen LogP contribution in [0.15, 0.2) is 6.20 Å². The Balaban J connectivity index is 1.55. The molecule has 17 nitrogen and oxygen atoms in total. The van der Waals surface area contributed by atoms with E-state index in [1.54, 1.807) is 20.8 Å². The van der Waals surface area contributed by atoms with Crippen molar-refractivity contribution in [2.45, 2.75) is 38.5 Å². The van der Waals surface area contributed by atoms with Crippen LogP contribution in [-0.2, 0) is 19.4 Å². The van der Waals surface area contributed by atoms with Crippen molar-refractivity contribution < 1.29 is 46.3 Å². The lowest BCUT2D eigenvalue weighted by molar-refractivity contribution is -0.0317. The monoisotopic (exact) mass is 545 g/mol. The number of carboxylic acid groups (broad SMARTS) is 1. The van der Waals surface area contributed by atoms with Crippen LogP contribution in [0.4, 0.5) is 19.2 Å². The lowest BCUT2D eigenvalue weighted by Gasteiger charge is -2.35. The molecular weight excluding hydrogens is 518 g/mol. The molecule has 3 aliphatic rings. The summed E-state index contributed by atoms with van der Waals surface area (Å²) in [6, 6.07) is -3.46. The third-order valence-corrected chi connectivity index (χ3v) is 6.28. The molecule has 37 heavy (non-hydrogen) atoms. The maximum Gasteiger partial charge on any atom is 0.418 e. The van der Waals surface area contributed by atoms with E-state index in [-0.39, 0.29) is 50.5 Å². The molecule has 2 saturated heterocycles. The molecule has 0 saturated carbocycles. The normalized spacial score (nSPS) is 21.7. The molecule has 0 aliphatic carbocycles. The summed E-state index contributed by atoms with van der Waals surface area (Å²) in [4.78, 5) is 53.4. The summed E-state index contributed by atoms with van der Waals surface area (Å²) in [6.07, 6.45) is -0.538. The van der Waals surface area contributed by atoms with Gasteiger partial charge in [-0.2, -0.15) is 23.3 Å². The SMILES string of the molecule is CC(C)(C)OC(=O)N1CCN(C(=O)n2cc3c(n2)C(CNC(=O)O)N2CC3N(OS(=O)(=O)O)C2=O)CC1. The third kappa shape index (κ3) is 5.54. The number of hydrogen-bond donors (Lipinski definition) is 3. The van der Waals surface area contributed by atoms with E-state index in [1.165, 1.54) is 16.0 Å². The fraction of sp³-hybridized carbons (Fsp3) is 0.632. The molecule has 2 fully saturated rings. The van der Waals surface area contributed by atoms with Gasteiger partial charge in [-0.25, -0.2) is 19.2 Å². The minimum absolute atomic E-state index is 0.0955. The second kappa shape index (κ2) is 9.34. The summed E-state index contributed by atoms with van der Waals surface area (Å²) in [7, 11) is -5.05. The first kappa shape index (κ1) is 26.4. The number of carbonyl (C=O) groups is 4. The van der Waals surface area contributed by atoms with Gasteiger partial charge in [0.05, 0.1) is 18.3 Å². The van der Waals surface area contributed by atoms with Gasteiger partial charge in [-0.15, -0.1) is 4.28 Å². The van der Waals surface area contributed by atoms with Gasteiger partial charge >= 0.3 is 34.6 Å². The van der Waals surface area contributed by atoms with Crippen molar-refractivity contribution >= 4 is 34.6 Å². The smallest absolute Gasteiger partial charge is 0.418 e. The highest BCUT2D eigenvalue weighted by atomic mass is 32.3. The van der Waals surface area contributed by atoms with Gasteiger partial charge in [0.1, 0.15) is 11.6 Å². The molecule has 204 valence electrons. The Kier molecular flexibility index (Phi) is 6.67. The topological polar surface area (TPSA) is 204 Å². The van der Waals surface area contributed by atoms with Gasteiger partial charge in [0.2, 0.25) is 0 Å². The molecule has 1 aromatic heterocycles. The van der Waals surface area contributed by atoms with Gasteiger partial charge in [-0.1, -0.05) is 0 Å². The molecule has 4 heterocycles. The van der Waals surface area contributed by atoms with Crippen molar-refractivity contribution in [2.75, 3.05) is 39.3 Å². The molecule has 3 aliphatic heterocycles. The molecular formula is C19H27N7O10S. The molecule has 4 rings (SSSR count). The van der Waals surface area contributed by atoms with Crippen LogP contribution in [0.25, 0.3) is 0 Å². The van der Waals surface area contributed by atoms with Crippen LogP contribution in [0, 0.1) is 0 Å². The molecule has 1 aromatic rings. The van der Waals surface area contributed by atoms with Gasteiger partial charge in [0.15, 0.2) is 0 Å². The third-order valence-electron chi connectivity index (χ3n) is 5.93. The summed E-state index contributed by atoms with van der Waals surface area (Å²) in [5.74, 6) is 0. The Morgan fingerprint density at radius 1 is 1.16 bits per heavy atom. The minimum atomic E-state index is -5.05. The summed E-state index contributed by atoms with van der Waals surface area (Å²) in [6.45, 7) is 5.72. The highest BCUT2D eigenvalue weighted by Crippen LogP contribution is 2.43. The number of rotatable bonds is 4. The molecule has 2 unspecified atom stereocenters. The van der Waals surface area contributed by atoms with E-state index in [4.69, 9.17) is 14.4 Å². The van der Waals surface area contributed by atoms with Crippen molar-refractivity contribution in [1.82, 2.24) is 34.9 Å². The van der Waals surface area contributed by atoms with Crippen molar-refractivity contribution in [3.05, 3.63) is 17.5 Å². The maximum atomic E-state index is 13.2. The van der Waals surface area contributed by atoms with E-state index in [9.17, 15) is 27.6 Å². The molecule has 2 atom stereocenters. The average Bonchev–Trinajstić information content (AvgIpc) is 3.33. The Labute approximate surface area is 211 Å². The first-order valence-electron chi connectivity index (χ1n) is 11.2. The number of hydroxylamine groups is 2. The number of aromatic nitrogens is 2. The number of nitrogens with zero attached hydrogens (tertiary/aromatic N) is 6. The first-order valence-corrected chi connectivity index (χ1v) is 12.6. The second-order valence-corrected chi connectivity index (χ2v) is 10.6. The molecule has 18 heteroatoms. The van der Waals surface area contributed by atoms with Gasteiger partial charge in [0.25, 0.3) is 0 Å². The molecule has 5 amide bonds. The largest absolute Gasteiger partial charge is 0.465 e. The van der Waals surface area contributed by atoms with Gasteiger partial charge in [-0.3, -0.25) is 4.55 Å². The van der Waals surface area contributed by atoms with E-state index in [2.05, 4.69) is 14.7 Å². The Hall–Kier alpha value is -3.64. The number of piperazine rings is 1. The van der Waals surface area contributed by atoms with Crippen LogP contribution in [-0.4, -0.2) is 117 Å². The summed E-state index contributed by atoms with van der Waals surface area (Å²) in [5, 5.41) is 15.9. The number of ether oxygens (including phenoxy) is 1. The second-order valence-electron chi connectivity index (χ2n) is 9.63. The van der Waals surface area contributed by atoms with Crippen molar-refractivity contribution in [3.8, 4) is 0 Å². The number of nitrogens with one attached hydrogen (secondary N) is 1.